The number of nitrogens with one attached hydrogen (secondary N) is 2. The molecule has 2 N–H and O–H groups in total. The lowest BCUT2D eigenvalue weighted by atomic mass is 10.1. The highest BCUT2D eigenvalue weighted by Crippen LogP contribution is 2.23. The van der Waals surface area contributed by atoms with E-state index in [4.69, 9.17) is 23.8 Å². The van der Waals surface area contributed by atoms with Gasteiger partial charge in [0.2, 0.25) is 0 Å². The van der Waals surface area contributed by atoms with Crippen LogP contribution in [0.2, 0.25) is 5.02 Å². The van der Waals surface area contributed by atoms with Crippen molar-refractivity contribution in [3.8, 4) is 0 Å². The predicted molar refractivity (Wildman–Crippen MR) is 120 cm³/mol. The molecule has 1 aromatic carbocycles. The molecule has 0 spiro atoms. The summed E-state index contributed by atoms with van der Waals surface area (Å²) in [4.78, 5) is 8.98. The molecule has 28 heavy (non-hydrogen) atoms. The minimum atomic E-state index is 0.613. The van der Waals surface area contributed by atoms with Crippen LogP contribution in [0.15, 0.2) is 41.6 Å². The van der Waals surface area contributed by atoms with Gasteiger partial charge in [0.1, 0.15) is 5.69 Å². The minimum Gasteiger partial charge on any atom is -0.383 e. The van der Waals surface area contributed by atoms with E-state index in [9.17, 15) is 0 Å². The molecule has 1 aromatic heterocycles. The summed E-state index contributed by atoms with van der Waals surface area (Å²) in [5.41, 5.74) is 8.26. The molecule has 2 aromatic rings. The number of aromatic nitrogens is 1. The first-order valence-corrected chi connectivity index (χ1v) is 10.2. The van der Waals surface area contributed by atoms with Crippen LogP contribution in [0.3, 0.4) is 0 Å². The maximum atomic E-state index is 6.03. The van der Waals surface area contributed by atoms with E-state index in [0.29, 0.717) is 10.1 Å². The number of hydrazone groups is 1. The van der Waals surface area contributed by atoms with Crippen molar-refractivity contribution in [1.82, 2.24) is 15.3 Å². The molecule has 6 nitrogen and oxygen atoms in total. The van der Waals surface area contributed by atoms with Gasteiger partial charge in [-0.2, -0.15) is 5.10 Å². The molecule has 146 valence electrons. The van der Waals surface area contributed by atoms with Crippen LogP contribution in [0.5, 0.6) is 0 Å². The smallest absolute Gasteiger partial charge is 0.189 e. The fraction of sp³-hybridized carbons (Fsp3) is 0.350. The van der Waals surface area contributed by atoms with E-state index in [1.807, 2.05) is 6.07 Å². The summed E-state index contributed by atoms with van der Waals surface area (Å²) in [6.45, 7) is 6.55. The number of pyridine rings is 1. The largest absolute Gasteiger partial charge is 0.383 e. The number of halogens is 1. The Bertz CT molecular complexity index is 907. The monoisotopic (exact) mass is 414 g/mol. The van der Waals surface area contributed by atoms with Crippen molar-refractivity contribution in [1.29, 1.82) is 0 Å². The van der Waals surface area contributed by atoms with Crippen LogP contribution in [0.1, 0.15) is 17.7 Å². The topological polar surface area (TPSA) is 55.8 Å². The summed E-state index contributed by atoms with van der Waals surface area (Å²) in [5, 5.41) is 9.12. The van der Waals surface area contributed by atoms with Gasteiger partial charge in [-0.1, -0.05) is 23.7 Å². The molecule has 0 bridgehead atoms. The van der Waals surface area contributed by atoms with Crippen LogP contribution in [-0.4, -0.2) is 53.4 Å². The number of piperazine rings is 1. The van der Waals surface area contributed by atoms with Gasteiger partial charge in [-0.25, -0.2) is 0 Å². The molecule has 0 radical (unpaired) electrons. The van der Waals surface area contributed by atoms with Crippen LogP contribution in [-0.2, 0) is 0 Å². The van der Waals surface area contributed by atoms with Gasteiger partial charge >= 0.3 is 0 Å². The molecule has 8 heteroatoms. The zero-order valence-electron chi connectivity index (χ0n) is 15.8. The summed E-state index contributed by atoms with van der Waals surface area (Å²) in [5.74, 6) is 0. The zero-order valence-corrected chi connectivity index (χ0v) is 17.4. The summed E-state index contributed by atoms with van der Waals surface area (Å²) >= 11 is 11.6. The van der Waals surface area contributed by atoms with Crippen LogP contribution in [0, 0.1) is 6.92 Å². The predicted octanol–water partition coefficient (Wildman–Crippen LogP) is 3.26. The molecule has 2 aliphatic rings. The number of fused-ring (bicyclic) bond motifs is 1. The van der Waals surface area contributed by atoms with Gasteiger partial charge in [0.05, 0.1) is 16.4 Å². The van der Waals surface area contributed by atoms with E-state index >= 15 is 0 Å². The molecule has 0 unspecified atom stereocenters. The standard InChI is InChI=1S/C20H23ClN6S/c1-14-3-2-4-16(11-14)26-7-9-27(10-8-26)20(28)25-24-17-5-6-22-18-12-15(21)13-23-19(17)18/h2-4,11-13,22H,5-10H2,1H3,(H,25,28)/b24-17-. The Kier molecular flexibility index (Phi) is 5.64. The average molecular weight is 415 g/mol. The highest BCUT2D eigenvalue weighted by atomic mass is 35.5. The van der Waals surface area contributed by atoms with Gasteiger partial charge in [-0.3, -0.25) is 10.4 Å². The number of hydrogen-bond donors (Lipinski definition) is 2. The summed E-state index contributed by atoms with van der Waals surface area (Å²) < 4.78 is 0. The molecular formula is C20H23ClN6S. The highest BCUT2D eigenvalue weighted by Gasteiger charge is 2.20. The van der Waals surface area contributed by atoms with Crippen molar-refractivity contribution in [2.45, 2.75) is 13.3 Å². The van der Waals surface area contributed by atoms with Gasteiger partial charge in [0, 0.05) is 51.0 Å². The van der Waals surface area contributed by atoms with Crippen molar-refractivity contribution < 1.29 is 0 Å². The third kappa shape index (κ3) is 4.20. The minimum absolute atomic E-state index is 0.613. The van der Waals surface area contributed by atoms with Crippen LogP contribution in [0.4, 0.5) is 11.4 Å². The zero-order chi connectivity index (χ0) is 19.5. The molecule has 1 saturated heterocycles. The SMILES string of the molecule is Cc1cccc(N2CCN(C(=S)N/N=C3/CCNc4cc(Cl)cnc43)CC2)c1. The third-order valence-corrected chi connectivity index (χ3v) is 5.58. The molecule has 0 amide bonds. The van der Waals surface area contributed by atoms with Gasteiger partial charge < -0.3 is 15.1 Å². The fourth-order valence-electron chi connectivity index (χ4n) is 3.53. The van der Waals surface area contributed by atoms with E-state index in [1.54, 1.807) is 6.20 Å². The number of nitrogens with zero attached hydrogens (tertiary/aromatic N) is 4. The number of hydrogen-bond acceptors (Lipinski definition) is 5. The maximum Gasteiger partial charge on any atom is 0.189 e. The van der Waals surface area contributed by atoms with Gasteiger partial charge in [-0.05, 0) is 42.9 Å². The van der Waals surface area contributed by atoms with Crippen molar-refractivity contribution in [3.05, 3.63) is 52.8 Å². The van der Waals surface area contributed by atoms with Gasteiger partial charge in [0.25, 0.3) is 0 Å². The first-order chi connectivity index (χ1) is 13.6. The highest BCUT2D eigenvalue weighted by molar-refractivity contribution is 7.80. The second-order valence-corrected chi connectivity index (χ2v) is 7.84. The van der Waals surface area contributed by atoms with Gasteiger partial charge in [-0.15, -0.1) is 0 Å². The molecule has 0 aliphatic carbocycles. The van der Waals surface area contributed by atoms with E-state index in [2.05, 4.69) is 61.8 Å². The molecule has 3 heterocycles. The normalized spacial score (nSPS) is 17.9. The number of rotatable bonds is 2. The summed E-state index contributed by atoms with van der Waals surface area (Å²) in [6, 6.07) is 10.5. The third-order valence-electron chi connectivity index (χ3n) is 5.03. The van der Waals surface area contributed by atoms with Crippen LogP contribution < -0.4 is 15.6 Å². The Hall–Kier alpha value is -2.38. The molecule has 1 fully saturated rings. The van der Waals surface area contributed by atoms with Crippen LogP contribution in [0.25, 0.3) is 0 Å². The van der Waals surface area contributed by atoms with Gasteiger partial charge in [0.15, 0.2) is 5.11 Å². The number of aryl methyl sites for hydroxylation is 1. The first-order valence-electron chi connectivity index (χ1n) is 9.43. The van der Waals surface area contributed by atoms with E-state index < -0.39 is 0 Å². The number of benzene rings is 1. The van der Waals surface area contributed by atoms with E-state index in [1.165, 1.54) is 11.3 Å². The molecule has 2 aliphatic heterocycles. The molecular weight excluding hydrogens is 392 g/mol. The lowest BCUT2D eigenvalue weighted by Crippen LogP contribution is -2.51. The molecule has 4 rings (SSSR count). The lowest BCUT2D eigenvalue weighted by Gasteiger charge is -2.37. The van der Waals surface area contributed by atoms with Crippen molar-refractivity contribution in [2.75, 3.05) is 42.9 Å². The Morgan fingerprint density at radius 1 is 1.25 bits per heavy atom. The Balaban J connectivity index is 1.36. The van der Waals surface area contributed by atoms with Crippen molar-refractivity contribution >= 4 is 46.0 Å². The average Bonchev–Trinajstić information content (AvgIpc) is 2.72. The van der Waals surface area contributed by atoms with E-state index in [0.717, 1.165) is 56.2 Å². The Morgan fingerprint density at radius 3 is 2.86 bits per heavy atom. The van der Waals surface area contributed by atoms with Crippen LogP contribution >= 0.6 is 23.8 Å². The maximum absolute atomic E-state index is 6.03. The number of thiocarbonyl (C=S) groups is 1. The summed E-state index contributed by atoms with van der Waals surface area (Å²) in [6.07, 6.45) is 2.43. The van der Waals surface area contributed by atoms with Crippen molar-refractivity contribution in [2.24, 2.45) is 5.10 Å². The second-order valence-electron chi connectivity index (χ2n) is 7.02. The first kappa shape index (κ1) is 19.0. The number of anilines is 2. The Labute approximate surface area is 175 Å². The Morgan fingerprint density at radius 2 is 2.07 bits per heavy atom. The van der Waals surface area contributed by atoms with E-state index in [-0.39, 0.29) is 0 Å². The molecule has 0 atom stereocenters. The van der Waals surface area contributed by atoms with Crippen molar-refractivity contribution in [3.63, 3.8) is 0 Å². The lowest BCUT2D eigenvalue weighted by molar-refractivity contribution is 0.381. The molecule has 0 saturated carbocycles. The fourth-order valence-corrected chi connectivity index (χ4v) is 3.91. The second kappa shape index (κ2) is 8.32. The quantitative estimate of drug-likeness (QED) is 0.581. The summed E-state index contributed by atoms with van der Waals surface area (Å²) in [7, 11) is 0.